The zero-order valence-corrected chi connectivity index (χ0v) is 21.1. The van der Waals surface area contributed by atoms with Gasteiger partial charge in [0.05, 0.1) is 4.90 Å². The number of aromatic nitrogens is 1. The van der Waals surface area contributed by atoms with Gasteiger partial charge in [-0.1, -0.05) is 13.8 Å². The van der Waals surface area contributed by atoms with Gasteiger partial charge in [-0.15, -0.1) is 0 Å². The van der Waals surface area contributed by atoms with E-state index in [9.17, 15) is 17.6 Å². The van der Waals surface area contributed by atoms with Crippen molar-refractivity contribution in [2.24, 2.45) is 13.0 Å². The lowest BCUT2D eigenvalue weighted by Crippen LogP contribution is -2.53. The Morgan fingerprint density at radius 1 is 1.15 bits per heavy atom. The van der Waals surface area contributed by atoms with E-state index in [0.29, 0.717) is 12.2 Å². The number of hydrogen-bond donors (Lipinski definition) is 1. The summed E-state index contributed by atoms with van der Waals surface area (Å²) in [6.07, 6.45) is 3.80. The van der Waals surface area contributed by atoms with Gasteiger partial charge in [-0.3, -0.25) is 9.52 Å². The van der Waals surface area contributed by atoms with Gasteiger partial charge in [0.2, 0.25) is 5.91 Å². The lowest BCUT2D eigenvalue weighted by atomic mass is 9.78. The van der Waals surface area contributed by atoms with Crippen molar-refractivity contribution in [3.8, 4) is 0 Å². The topological polar surface area (TPSA) is 71.4 Å². The predicted octanol–water partition coefficient (Wildman–Crippen LogP) is 5.26. The van der Waals surface area contributed by atoms with Crippen LogP contribution in [0.1, 0.15) is 52.0 Å². The lowest BCUT2D eigenvalue weighted by Gasteiger charge is -2.46. The van der Waals surface area contributed by atoms with Crippen molar-refractivity contribution in [3.63, 3.8) is 0 Å². The number of sulfonamides is 1. The molecular weight excluding hydrogens is 453 g/mol. The summed E-state index contributed by atoms with van der Waals surface area (Å²) in [7, 11) is -1.86. The molecule has 4 rings (SSSR count). The Kier molecular flexibility index (Phi) is 6.23. The number of carbonyl (C=O) groups is 1. The van der Waals surface area contributed by atoms with Crippen molar-refractivity contribution in [2.45, 2.75) is 56.9 Å². The zero-order chi connectivity index (χ0) is 24.8. The van der Waals surface area contributed by atoms with Crippen molar-refractivity contribution >= 4 is 32.5 Å². The number of nitrogens with zero attached hydrogens (tertiary/aromatic N) is 2. The van der Waals surface area contributed by atoms with Crippen molar-refractivity contribution in [2.75, 3.05) is 11.3 Å². The maximum Gasteiger partial charge on any atom is 0.261 e. The highest BCUT2D eigenvalue weighted by Crippen LogP contribution is 2.41. The van der Waals surface area contributed by atoms with Gasteiger partial charge in [0.15, 0.2) is 0 Å². The van der Waals surface area contributed by atoms with Crippen LogP contribution in [0.15, 0.2) is 53.6 Å². The van der Waals surface area contributed by atoms with Gasteiger partial charge in [0.1, 0.15) is 5.82 Å². The van der Waals surface area contributed by atoms with Gasteiger partial charge in [0.25, 0.3) is 10.0 Å². The molecule has 1 aliphatic heterocycles. The highest BCUT2D eigenvalue weighted by Gasteiger charge is 2.39. The Balaban J connectivity index is 1.64. The second-order valence-corrected chi connectivity index (χ2v) is 11.8. The summed E-state index contributed by atoms with van der Waals surface area (Å²) in [5.41, 5.74) is 2.35. The number of rotatable bonds is 5. The molecule has 2 aromatic carbocycles. The standard InChI is InChI=1S/C26H32FN3O3S/c1-17(2)25(31)30-13-12-18(15-26(30,3)4)23-16-29(5)24-11-8-20(14-22(23)24)28-34(32,33)21-9-6-19(27)7-10-21/h6-11,14,16-18,28H,12-13,15H2,1-5H3/t18-/m0/s1. The molecular formula is C26H32FN3O3S. The number of amides is 1. The van der Waals surface area contributed by atoms with Crippen LogP contribution < -0.4 is 4.72 Å². The first-order chi connectivity index (χ1) is 15.9. The fourth-order valence-electron chi connectivity index (χ4n) is 5.03. The van der Waals surface area contributed by atoms with E-state index < -0.39 is 15.8 Å². The maximum atomic E-state index is 13.2. The third kappa shape index (κ3) is 4.56. The number of carbonyl (C=O) groups excluding carboxylic acids is 1. The summed E-state index contributed by atoms with van der Waals surface area (Å²) in [6, 6.07) is 10.3. The highest BCUT2D eigenvalue weighted by molar-refractivity contribution is 7.92. The van der Waals surface area contributed by atoms with Crippen LogP contribution in [0.2, 0.25) is 0 Å². The lowest BCUT2D eigenvalue weighted by molar-refractivity contribution is -0.142. The van der Waals surface area contributed by atoms with Gasteiger partial charge in [-0.05, 0) is 80.6 Å². The van der Waals surface area contributed by atoms with E-state index in [1.165, 1.54) is 12.1 Å². The number of aryl methyl sites for hydroxylation is 1. The highest BCUT2D eigenvalue weighted by atomic mass is 32.2. The number of fused-ring (bicyclic) bond motifs is 1. The summed E-state index contributed by atoms with van der Waals surface area (Å²) < 4.78 is 43.5. The van der Waals surface area contributed by atoms with Crippen molar-refractivity contribution in [1.29, 1.82) is 0 Å². The summed E-state index contributed by atoms with van der Waals surface area (Å²) in [5, 5.41) is 0.992. The molecule has 1 aromatic heterocycles. The van der Waals surface area contributed by atoms with Gasteiger partial charge >= 0.3 is 0 Å². The van der Waals surface area contributed by atoms with E-state index in [2.05, 4.69) is 29.3 Å². The van der Waals surface area contributed by atoms with Gasteiger partial charge < -0.3 is 9.47 Å². The van der Waals surface area contributed by atoms with Crippen LogP contribution in [0, 0.1) is 11.7 Å². The number of halogens is 1. The maximum absolute atomic E-state index is 13.2. The summed E-state index contributed by atoms with van der Waals surface area (Å²) >= 11 is 0. The molecule has 8 heteroatoms. The van der Waals surface area contributed by atoms with E-state index in [1.54, 1.807) is 6.07 Å². The molecule has 1 fully saturated rings. The number of nitrogens with one attached hydrogen (secondary N) is 1. The molecule has 2 heterocycles. The second-order valence-electron chi connectivity index (χ2n) is 10.1. The van der Waals surface area contributed by atoms with E-state index in [1.807, 2.05) is 37.9 Å². The van der Waals surface area contributed by atoms with Crippen LogP contribution in [0.25, 0.3) is 10.9 Å². The van der Waals surface area contributed by atoms with Crippen molar-refractivity contribution in [3.05, 3.63) is 60.0 Å². The molecule has 0 radical (unpaired) electrons. The molecule has 3 aromatic rings. The Morgan fingerprint density at radius 2 is 1.82 bits per heavy atom. The SMILES string of the molecule is CC(C)C(=O)N1CC[C@H](c2cn(C)c3ccc(NS(=O)(=O)c4ccc(F)cc4)cc23)CC1(C)C. The van der Waals surface area contributed by atoms with Crippen molar-refractivity contribution < 1.29 is 17.6 Å². The first-order valence-electron chi connectivity index (χ1n) is 11.6. The van der Waals surface area contributed by atoms with E-state index in [0.717, 1.165) is 41.4 Å². The summed E-state index contributed by atoms with van der Waals surface area (Å²) in [5.74, 6) is -0.0962. The minimum Gasteiger partial charge on any atom is -0.350 e. The molecule has 1 atom stereocenters. The normalized spacial score (nSPS) is 18.4. The Labute approximate surface area is 200 Å². The first kappa shape index (κ1) is 24.3. The van der Waals surface area contributed by atoms with Gasteiger partial charge in [-0.25, -0.2) is 12.8 Å². The summed E-state index contributed by atoms with van der Waals surface area (Å²) in [4.78, 5) is 14.7. The molecule has 0 unspecified atom stereocenters. The molecule has 1 amide bonds. The Bertz CT molecular complexity index is 1330. The zero-order valence-electron chi connectivity index (χ0n) is 20.3. The average molecular weight is 486 g/mol. The molecule has 1 N–H and O–H groups in total. The number of piperidine rings is 1. The van der Waals surface area contributed by atoms with Crippen LogP contribution in [0.3, 0.4) is 0 Å². The first-order valence-corrected chi connectivity index (χ1v) is 13.1. The second kappa shape index (κ2) is 8.73. The average Bonchev–Trinajstić information content (AvgIpc) is 3.08. The molecule has 1 saturated heterocycles. The monoisotopic (exact) mass is 485 g/mol. The van der Waals surface area contributed by atoms with Gasteiger partial charge in [-0.2, -0.15) is 0 Å². The van der Waals surface area contributed by atoms with E-state index >= 15 is 0 Å². The molecule has 0 saturated carbocycles. The molecule has 0 bridgehead atoms. The number of anilines is 1. The number of hydrogen-bond acceptors (Lipinski definition) is 3. The van der Waals surface area contributed by atoms with Crippen LogP contribution in [0.4, 0.5) is 10.1 Å². The number of likely N-dealkylation sites (tertiary alicyclic amines) is 1. The molecule has 6 nitrogen and oxygen atoms in total. The fraction of sp³-hybridized carbons (Fsp3) is 0.423. The van der Waals surface area contributed by atoms with E-state index in [4.69, 9.17) is 0 Å². The van der Waals surface area contributed by atoms with Crippen LogP contribution in [0.5, 0.6) is 0 Å². The minimum atomic E-state index is -3.84. The third-order valence-electron chi connectivity index (χ3n) is 6.77. The van der Waals surface area contributed by atoms with Gasteiger partial charge in [0, 0.05) is 47.8 Å². The quantitative estimate of drug-likeness (QED) is 0.536. The largest absolute Gasteiger partial charge is 0.350 e. The smallest absolute Gasteiger partial charge is 0.261 e. The molecule has 0 aliphatic carbocycles. The van der Waals surface area contributed by atoms with Crippen LogP contribution >= 0.6 is 0 Å². The number of benzene rings is 2. The van der Waals surface area contributed by atoms with Crippen LogP contribution in [-0.4, -0.2) is 35.9 Å². The Hall–Kier alpha value is -2.87. The molecule has 1 aliphatic rings. The minimum absolute atomic E-state index is 0.00576. The molecule has 0 spiro atoms. The molecule has 34 heavy (non-hydrogen) atoms. The van der Waals surface area contributed by atoms with Crippen molar-refractivity contribution in [1.82, 2.24) is 9.47 Å². The van der Waals surface area contributed by atoms with E-state index in [-0.39, 0.29) is 28.2 Å². The third-order valence-corrected chi connectivity index (χ3v) is 8.17. The van der Waals surface area contributed by atoms with Crippen LogP contribution in [-0.2, 0) is 21.9 Å². The fourth-order valence-corrected chi connectivity index (χ4v) is 6.08. The predicted molar refractivity (Wildman–Crippen MR) is 133 cm³/mol. The molecule has 182 valence electrons. The Morgan fingerprint density at radius 3 is 2.44 bits per heavy atom. The summed E-state index contributed by atoms with van der Waals surface area (Å²) in [6.45, 7) is 8.80.